The average molecular weight is 386 g/mol. The Morgan fingerprint density at radius 1 is 1.14 bits per heavy atom. The van der Waals surface area contributed by atoms with E-state index in [-0.39, 0.29) is 6.61 Å². The summed E-state index contributed by atoms with van der Waals surface area (Å²) >= 11 is 15.6. The predicted octanol–water partition coefficient (Wildman–Crippen LogP) is 5.27. The van der Waals surface area contributed by atoms with Crippen LogP contribution >= 0.6 is 39.1 Å². The molecule has 0 bridgehead atoms. The topological polar surface area (TPSA) is 45.0 Å². The van der Waals surface area contributed by atoms with Gasteiger partial charge in [0.15, 0.2) is 6.61 Å². The zero-order valence-electron chi connectivity index (χ0n) is 10.9. The van der Waals surface area contributed by atoms with Crippen LogP contribution in [0.25, 0.3) is 0 Å². The second-order valence-corrected chi connectivity index (χ2v) is 5.74. The van der Waals surface area contributed by atoms with Crippen LogP contribution in [0.1, 0.15) is 5.56 Å². The monoisotopic (exact) mass is 384 g/mol. The Bertz CT molecular complexity index is 686. The van der Waals surface area contributed by atoms with Crippen molar-refractivity contribution >= 4 is 44.8 Å². The van der Waals surface area contributed by atoms with Crippen molar-refractivity contribution in [1.29, 1.82) is 5.26 Å². The van der Waals surface area contributed by atoms with Crippen LogP contribution in [-0.2, 0) is 6.54 Å². The lowest BCUT2D eigenvalue weighted by molar-refractivity contribution is 0.364. The van der Waals surface area contributed by atoms with Gasteiger partial charge >= 0.3 is 0 Å². The number of rotatable bonds is 5. The van der Waals surface area contributed by atoms with Crippen molar-refractivity contribution in [3.63, 3.8) is 0 Å². The number of nitriles is 1. The Kier molecular flexibility index (Phi) is 5.75. The zero-order chi connectivity index (χ0) is 15.2. The molecule has 0 spiro atoms. The van der Waals surface area contributed by atoms with Crippen LogP contribution < -0.4 is 10.1 Å². The molecule has 2 aromatic carbocycles. The summed E-state index contributed by atoms with van der Waals surface area (Å²) in [5, 5.41) is 12.7. The van der Waals surface area contributed by atoms with Gasteiger partial charge in [0.2, 0.25) is 0 Å². The van der Waals surface area contributed by atoms with Crippen LogP contribution in [0.2, 0.25) is 10.0 Å². The summed E-state index contributed by atoms with van der Waals surface area (Å²) in [7, 11) is 0. The Labute approximate surface area is 141 Å². The van der Waals surface area contributed by atoms with E-state index in [1.54, 1.807) is 0 Å². The van der Waals surface area contributed by atoms with Gasteiger partial charge in [-0.2, -0.15) is 5.26 Å². The summed E-state index contributed by atoms with van der Waals surface area (Å²) in [6.45, 7) is 0.529. The van der Waals surface area contributed by atoms with Gasteiger partial charge in [0.05, 0.1) is 15.7 Å². The fourth-order valence-corrected chi connectivity index (χ4v) is 2.59. The van der Waals surface area contributed by atoms with Gasteiger partial charge in [-0.25, -0.2) is 0 Å². The summed E-state index contributed by atoms with van der Waals surface area (Å²) in [5.74, 6) is 0.672. The first-order valence-corrected chi connectivity index (χ1v) is 7.63. The first-order chi connectivity index (χ1) is 10.1. The molecule has 0 radical (unpaired) electrons. The first kappa shape index (κ1) is 16.0. The Morgan fingerprint density at radius 2 is 1.90 bits per heavy atom. The van der Waals surface area contributed by atoms with Crippen molar-refractivity contribution in [3.05, 3.63) is 56.5 Å². The third-order valence-corrected chi connectivity index (χ3v) is 4.54. The predicted molar refractivity (Wildman–Crippen MR) is 89.0 cm³/mol. The highest BCUT2D eigenvalue weighted by Gasteiger charge is 2.09. The third-order valence-electron chi connectivity index (χ3n) is 2.77. The molecule has 0 aromatic heterocycles. The van der Waals surface area contributed by atoms with Gasteiger partial charge < -0.3 is 10.1 Å². The van der Waals surface area contributed by atoms with Crippen LogP contribution in [0.4, 0.5) is 5.69 Å². The molecule has 0 amide bonds. The minimum atomic E-state index is 0.0158. The number of nitrogens with one attached hydrogen (secondary N) is 1. The summed E-state index contributed by atoms with van der Waals surface area (Å²) in [6, 6.07) is 13.1. The molecule has 3 nitrogen and oxygen atoms in total. The van der Waals surface area contributed by atoms with Gasteiger partial charge in [-0.1, -0.05) is 41.4 Å². The largest absolute Gasteiger partial charge is 0.478 e. The van der Waals surface area contributed by atoms with E-state index in [0.717, 1.165) is 15.7 Å². The molecule has 0 aliphatic carbocycles. The van der Waals surface area contributed by atoms with E-state index in [0.29, 0.717) is 22.3 Å². The molecule has 0 heterocycles. The second-order valence-electron chi connectivity index (χ2n) is 4.13. The molecule has 0 atom stereocenters. The minimum Gasteiger partial charge on any atom is -0.478 e. The van der Waals surface area contributed by atoms with Crippen molar-refractivity contribution in [1.82, 2.24) is 0 Å². The average Bonchev–Trinajstić information content (AvgIpc) is 2.51. The minimum absolute atomic E-state index is 0.0158. The van der Waals surface area contributed by atoms with Crippen molar-refractivity contribution in [2.24, 2.45) is 0 Å². The quantitative estimate of drug-likeness (QED) is 0.713. The summed E-state index contributed by atoms with van der Waals surface area (Å²) in [5.41, 5.74) is 1.67. The number of para-hydroxylation sites is 1. The van der Waals surface area contributed by atoms with Gasteiger partial charge in [0, 0.05) is 16.6 Å². The molecule has 0 saturated heterocycles. The fraction of sp³-hybridized carbons (Fsp3) is 0.133. The molecular formula is C15H11BrCl2N2O. The van der Waals surface area contributed by atoms with Gasteiger partial charge in [0.25, 0.3) is 0 Å². The Balaban J connectivity index is 2.14. The van der Waals surface area contributed by atoms with E-state index in [2.05, 4.69) is 21.2 Å². The molecular weight excluding hydrogens is 375 g/mol. The van der Waals surface area contributed by atoms with Crippen molar-refractivity contribution < 1.29 is 4.74 Å². The van der Waals surface area contributed by atoms with E-state index in [1.807, 2.05) is 42.5 Å². The SMILES string of the molecule is N#CCOc1ccccc1CNc1ccc(Br)c(Cl)c1Cl. The van der Waals surface area contributed by atoms with Crippen molar-refractivity contribution in [2.75, 3.05) is 11.9 Å². The summed E-state index contributed by atoms with van der Waals surface area (Å²) in [4.78, 5) is 0. The molecule has 2 rings (SSSR count). The van der Waals surface area contributed by atoms with E-state index >= 15 is 0 Å². The molecule has 108 valence electrons. The van der Waals surface area contributed by atoms with Crippen LogP contribution in [0.3, 0.4) is 0 Å². The standard InChI is InChI=1S/C15H11BrCl2N2O/c16-11-5-6-12(15(18)14(11)17)20-9-10-3-1-2-4-13(10)21-8-7-19/h1-6,20H,8-9H2. The van der Waals surface area contributed by atoms with Crippen LogP contribution in [0.15, 0.2) is 40.9 Å². The van der Waals surface area contributed by atoms with E-state index in [9.17, 15) is 0 Å². The number of nitrogens with zero attached hydrogens (tertiary/aromatic N) is 1. The maximum absolute atomic E-state index is 8.59. The van der Waals surface area contributed by atoms with Crippen molar-refractivity contribution in [3.8, 4) is 11.8 Å². The lowest BCUT2D eigenvalue weighted by atomic mass is 10.2. The van der Waals surface area contributed by atoms with E-state index in [1.165, 1.54) is 0 Å². The molecule has 2 aromatic rings. The maximum Gasteiger partial charge on any atom is 0.174 e. The first-order valence-electron chi connectivity index (χ1n) is 6.08. The fourth-order valence-electron chi connectivity index (χ4n) is 1.75. The van der Waals surface area contributed by atoms with E-state index < -0.39 is 0 Å². The number of halogens is 3. The maximum atomic E-state index is 8.59. The van der Waals surface area contributed by atoms with Crippen LogP contribution in [-0.4, -0.2) is 6.61 Å². The molecule has 0 saturated carbocycles. The molecule has 0 fully saturated rings. The Hall–Kier alpha value is -1.41. The normalized spacial score (nSPS) is 10.0. The van der Waals surface area contributed by atoms with E-state index in [4.69, 9.17) is 33.2 Å². The number of hydrogen-bond donors (Lipinski definition) is 1. The summed E-state index contributed by atoms with van der Waals surface area (Å²) < 4.78 is 6.13. The molecule has 1 N–H and O–H groups in total. The summed E-state index contributed by atoms with van der Waals surface area (Å²) in [6.07, 6.45) is 0. The third kappa shape index (κ3) is 4.04. The highest BCUT2D eigenvalue weighted by Crippen LogP contribution is 2.36. The number of ether oxygens (including phenoxy) is 1. The van der Waals surface area contributed by atoms with Crippen LogP contribution in [0.5, 0.6) is 5.75 Å². The Morgan fingerprint density at radius 3 is 2.67 bits per heavy atom. The van der Waals surface area contributed by atoms with Gasteiger partial charge in [-0.15, -0.1) is 0 Å². The molecule has 6 heteroatoms. The molecule has 0 aliphatic rings. The number of anilines is 1. The highest BCUT2D eigenvalue weighted by molar-refractivity contribution is 9.10. The van der Waals surface area contributed by atoms with Gasteiger partial charge in [0.1, 0.15) is 11.8 Å². The molecule has 0 unspecified atom stereocenters. The second kappa shape index (κ2) is 7.56. The number of hydrogen-bond acceptors (Lipinski definition) is 3. The smallest absolute Gasteiger partial charge is 0.174 e. The molecule has 21 heavy (non-hydrogen) atoms. The zero-order valence-corrected chi connectivity index (χ0v) is 14.0. The van der Waals surface area contributed by atoms with Crippen LogP contribution in [0, 0.1) is 11.3 Å². The van der Waals surface area contributed by atoms with Crippen molar-refractivity contribution in [2.45, 2.75) is 6.54 Å². The lowest BCUT2D eigenvalue weighted by Gasteiger charge is -2.13. The van der Waals surface area contributed by atoms with Gasteiger partial charge in [-0.05, 0) is 34.1 Å². The highest BCUT2D eigenvalue weighted by atomic mass is 79.9. The van der Waals surface area contributed by atoms with Gasteiger partial charge in [-0.3, -0.25) is 0 Å². The molecule has 0 aliphatic heterocycles. The number of benzene rings is 2. The lowest BCUT2D eigenvalue weighted by Crippen LogP contribution is -2.04.